The van der Waals surface area contributed by atoms with E-state index in [0.29, 0.717) is 6.04 Å². The molecule has 0 aromatic carbocycles. The molecule has 5 heteroatoms. The molecule has 1 aromatic heterocycles. The normalized spacial score (nSPS) is 25.8. The van der Waals surface area contributed by atoms with Gasteiger partial charge in [0.05, 0.1) is 6.54 Å². The fourth-order valence-corrected chi connectivity index (χ4v) is 2.94. The highest BCUT2D eigenvalue weighted by Gasteiger charge is 2.27. The molecular formula is C13H25N5. The first-order valence-corrected chi connectivity index (χ1v) is 6.95. The third-order valence-electron chi connectivity index (χ3n) is 4.11. The first kappa shape index (κ1) is 13.5. The van der Waals surface area contributed by atoms with E-state index in [-0.39, 0.29) is 0 Å². The Bertz CT molecular complexity index is 337. The van der Waals surface area contributed by atoms with E-state index in [1.54, 1.807) is 12.7 Å². The predicted molar refractivity (Wildman–Crippen MR) is 72.3 cm³/mol. The van der Waals surface area contributed by atoms with Crippen LogP contribution in [0.3, 0.4) is 0 Å². The van der Waals surface area contributed by atoms with Gasteiger partial charge in [-0.25, -0.2) is 4.98 Å². The molecule has 1 aliphatic rings. The molecule has 2 atom stereocenters. The van der Waals surface area contributed by atoms with Crippen LogP contribution in [0.15, 0.2) is 12.7 Å². The van der Waals surface area contributed by atoms with Gasteiger partial charge in [-0.15, -0.1) is 0 Å². The maximum Gasteiger partial charge on any atom is 0.137 e. The van der Waals surface area contributed by atoms with E-state index in [4.69, 9.17) is 0 Å². The van der Waals surface area contributed by atoms with Gasteiger partial charge >= 0.3 is 0 Å². The summed E-state index contributed by atoms with van der Waals surface area (Å²) in [5, 5.41) is 4.15. The molecule has 5 nitrogen and oxygen atoms in total. The zero-order chi connectivity index (χ0) is 13.0. The smallest absolute Gasteiger partial charge is 0.137 e. The molecule has 102 valence electrons. The lowest BCUT2D eigenvalue weighted by atomic mass is 9.92. The third kappa shape index (κ3) is 3.29. The van der Waals surface area contributed by atoms with Crippen molar-refractivity contribution >= 4 is 0 Å². The van der Waals surface area contributed by atoms with Gasteiger partial charge in [-0.3, -0.25) is 4.68 Å². The van der Waals surface area contributed by atoms with Crippen LogP contribution in [0.2, 0.25) is 0 Å². The molecule has 0 saturated carbocycles. The van der Waals surface area contributed by atoms with Gasteiger partial charge in [0.15, 0.2) is 0 Å². The number of likely N-dealkylation sites (tertiary alicyclic amines) is 1. The summed E-state index contributed by atoms with van der Waals surface area (Å²) in [6.45, 7) is 10.2. The highest BCUT2D eigenvalue weighted by atomic mass is 15.3. The van der Waals surface area contributed by atoms with E-state index in [1.165, 1.54) is 26.1 Å². The molecule has 0 N–H and O–H groups in total. The Morgan fingerprint density at radius 3 is 2.89 bits per heavy atom. The van der Waals surface area contributed by atoms with Crippen molar-refractivity contribution in [2.75, 3.05) is 33.2 Å². The number of rotatable bonds is 5. The lowest BCUT2D eigenvalue weighted by molar-refractivity contribution is 0.0802. The van der Waals surface area contributed by atoms with Crippen molar-refractivity contribution in [1.82, 2.24) is 24.6 Å². The van der Waals surface area contributed by atoms with Crippen molar-refractivity contribution in [3.05, 3.63) is 12.7 Å². The zero-order valence-electron chi connectivity index (χ0n) is 11.8. The van der Waals surface area contributed by atoms with Crippen LogP contribution in [0, 0.1) is 5.92 Å². The average Bonchev–Trinajstić information content (AvgIpc) is 2.88. The van der Waals surface area contributed by atoms with Crippen molar-refractivity contribution in [1.29, 1.82) is 0 Å². The quantitative estimate of drug-likeness (QED) is 0.780. The van der Waals surface area contributed by atoms with Crippen molar-refractivity contribution in [2.45, 2.75) is 32.9 Å². The number of nitrogens with zero attached hydrogens (tertiary/aromatic N) is 5. The van der Waals surface area contributed by atoms with Crippen LogP contribution in [-0.2, 0) is 6.54 Å². The van der Waals surface area contributed by atoms with E-state index in [2.05, 4.69) is 40.8 Å². The minimum Gasteiger partial charge on any atom is -0.303 e. The molecule has 1 aromatic rings. The Labute approximate surface area is 110 Å². The molecule has 2 rings (SSSR count). The van der Waals surface area contributed by atoms with Gasteiger partial charge in [0.25, 0.3) is 0 Å². The van der Waals surface area contributed by atoms with E-state index >= 15 is 0 Å². The van der Waals surface area contributed by atoms with Crippen LogP contribution in [-0.4, -0.2) is 63.8 Å². The molecule has 1 saturated heterocycles. The van der Waals surface area contributed by atoms with Crippen LogP contribution in [0.25, 0.3) is 0 Å². The Kier molecular flexibility index (Phi) is 4.72. The lowest BCUT2D eigenvalue weighted by Gasteiger charge is -2.41. The van der Waals surface area contributed by atoms with E-state index in [9.17, 15) is 0 Å². The van der Waals surface area contributed by atoms with Gasteiger partial charge in [-0.05, 0) is 32.5 Å². The standard InChI is InChI=1S/C13H25N5/c1-4-17-6-5-13(12(2)9-17)16(3)7-8-18-11-14-10-15-18/h10-13H,4-9H2,1-3H3/t12-,13-/m0/s1. The van der Waals surface area contributed by atoms with Gasteiger partial charge in [0, 0.05) is 19.1 Å². The summed E-state index contributed by atoms with van der Waals surface area (Å²) in [4.78, 5) is 9.01. The Hall–Kier alpha value is -0.940. The summed E-state index contributed by atoms with van der Waals surface area (Å²) in [5.74, 6) is 0.749. The summed E-state index contributed by atoms with van der Waals surface area (Å²) in [5.41, 5.74) is 0. The van der Waals surface area contributed by atoms with Gasteiger partial charge in [-0.2, -0.15) is 5.10 Å². The molecular weight excluding hydrogens is 226 g/mol. The van der Waals surface area contributed by atoms with Gasteiger partial charge in [0.1, 0.15) is 12.7 Å². The summed E-state index contributed by atoms with van der Waals surface area (Å²) < 4.78 is 1.91. The van der Waals surface area contributed by atoms with Crippen LogP contribution >= 0.6 is 0 Å². The molecule has 0 aliphatic carbocycles. The largest absolute Gasteiger partial charge is 0.303 e. The first-order chi connectivity index (χ1) is 8.70. The van der Waals surface area contributed by atoms with Crippen LogP contribution in [0.4, 0.5) is 0 Å². The number of hydrogen-bond acceptors (Lipinski definition) is 4. The highest BCUT2D eigenvalue weighted by molar-refractivity contribution is 4.83. The van der Waals surface area contributed by atoms with E-state index in [0.717, 1.165) is 19.0 Å². The Morgan fingerprint density at radius 1 is 1.44 bits per heavy atom. The van der Waals surface area contributed by atoms with Crippen LogP contribution in [0.5, 0.6) is 0 Å². The second-order valence-corrected chi connectivity index (χ2v) is 5.37. The number of hydrogen-bond donors (Lipinski definition) is 0. The topological polar surface area (TPSA) is 37.2 Å². The molecule has 0 radical (unpaired) electrons. The van der Waals surface area contributed by atoms with Gasteiger partial charge in [0.2, 0.25) is 0 Å². The minimum atomic E-state index is 0.705. The second kappa shape index (κ2) is 6.29. The van der Waals surface area contributed by atoms with Gasteiger partial charge in [-0.1, -0.05) is 13.8 Å². The molecule has 0 spiro atoms. The number of piperidine rings is 1. The second-order valence-electron chi connectivity index (χ2n) is 5.37. The molecule has 18 heavy (non-hydrogen) atoms. The summed E-state index contributed by atoms with van der Waals surface area (Å²) in [6, 6.07) is 0.705. The molecule has 0 amide bonds. The fraction of sp³-hybridized carbons (Fsp3) is 0.846. The summed E-state index contributed by atoms with van der Waals surface area (Å²) in [6.07, 6.45) is 4.67. The highest BCUT2D eigenvalue weighted by Crippen LogP contribution is 2.20. The Morgan fingerprint density at radius 2 is 2.28 bits per heavy atom. The monoisotopic (exact) mass is 251 g/mol. The van der Waals surface area contributed by atoms with Crippen LogP contribution in [0.1, 0.15) is 20.3 Å². The van der Waals surface area contributed by atoms with E-state index in [1.807, 2.05) is 4.68 Å². The maximum absolute atomic E-state index is 4.15. The number of aromatic nitrogens is 3. The summed E-state index contributed by atoms with van der Waals surface area (Å²) in [7, 11) is 2.24. The molecule has 2 heterocycles. The van der Waals surface area contributed by atoms with Crippen molar-refractivity contribution in [2.24, 2.45) is 5.92 Å². The molecule has 1 fully saturated rings. The lowest BCUT2D eigenvalue weighted by Crippen LogP contribution is -2.49. The first-order valence-electron chi connectivity index (χ1n) is 6.95. The SMILES string of the molecule is CCN1CC[C@H](N(C)CCn2cncn2)[C@@H](C)C1. The van der Waals surface area contributed by atoms with Crippen molar-refractivity contribution in [3.8, 4) is 0 Å². The van der Waals surface area contributed by atoms with Gasteiger partial charge < -0.3 is 9.80 Å². The maximum atomic E-state index is 4.15. The number of likely N-dealkylation sites (N-methyl/N-ethyl adjacent to an activating group) is 1. The van der Waals surface area contributed by atoms with Crippen LogP contribution < -0.4 is 0 Å². The minimum absolute atomic E-state index is 0.705. The molecule has 1 aliphatic heterocycles. The van der Waals surface area contributed by atoms with Crippen molar-refractivity contribution < 1.29 is 0 Å². The zero-order valence-corrected chi connectivity index (χ0v) is 11.8. The average molecular weight is 251 g/mol. The van der Waals surface area contributed by atoms with Crippen molar-refractivity contribution in [3.63, 3.8) is 0 Å². The third-order valence-corrected chi connectivity index (χ3v) is 4.11. The summed E-state index contributed by atoms with van der Waals surface area (Å²) >= 11 is 0. The van der Waals surface area contributed by atoms with E-state index < -0.39 is 0 Å². The molecule has 0 bridgehead atoms. The molecule has 0 unspecified atom stereocenters. The Balaban J connectivity index is 1.80. The predicted octanol–water partition coefficient (Wildman–Crippen LogP) is 0.940. The fourth-order valence-electron chi connectivity index (χ4n) is 2.94.